The van der Waals surface area contributed by atoms with E-state index >= 15 is 0 Å². The van der Waals surface area contributed by atoms with Crippen molar-refractivity contribution in [3.8, 4) is 10.7 Å². The Balaban J connectivity index is 2.38. The Kier molecular flexibility index (Phi) is 2.41. The summed E-state index contributed by atoms with van der Waals surface area (Å²) in [6.07, 6.45) is 1.91. The third kappa shape index (κ3) is 1.60. The highest BCUT2D eigenvalue weighted by Gasteiger charge is 2.17. The number of rotatable bonds is 2. The molecule has 3 aromatic rings. The van der Waals surface area contributed by atoms with Crippen molar-refractivity contribution in [1.29, 1.82) is 0 Å². The minimum atomic E-state index is -1.00. The monoisotopic (exact) mass is 258 g/mol. The number of fused-ring (bicyclic) bond motifs is 1. The van der Waals surface area contributed by atoms with Crippen molar-refractivity contribution in [3.05, 3.63) is 47.1 Å². The lowest BCUT2D eigenvalue weighted by molar-refractivity contribution is 0.0693. The van der Waals surface area contributed by atoms with Gasteiger partial charge < -0.3 is 5.11 Å². The number of imidazole rings is 1. The van der Waals surface area contributed by atoms with Gasteiger partial charge in [-0.05, 0) is 30.0 Å². The van der Waals surface area contributed by atoms with Crippen molar-refractivity contribution in [2.75, 3.05) is 0 Å². The molecule has 0 aliphatic carbocycles. The number of hydrogen-bond donors (Lipinski definition) is 1. The van der Waals surface area contributed by atoms with Crippen molar-refractivity contribution in [3.63, 3.8) is 0 Å². The number of aromatic carboxylic acids is 1. The largest absolute Gasteiger partial charge is 0.476 e. The first kappa shape index (κ1) is 11.0. The van der Waals surface area contributed by atoms with Crippen LogP contribution in [-0.2, 0) is 0 Å². The summed E-state index contributed by atoms with van der Waals surface area (Å²) in [5.41, 5.74) is 1.78. The van der Waals surface area contributed by atoms with Crippen LogP contribution >= 0.6 is 11.3 Å². The molecule has 0 aromatic carbocycles. The molecule has 1 N–H and O–H groups in total. The second kappa shape index (κ2) is 3.96. The summed E-state index contributed by atoms with van der Waals surface area (Å²) in [4.78, 5) is 16.4. The van der Waals surface area contributed by atoms with Gasteiger partial charge in [-0.2, -0.15) is 0 Å². The highest BCUT2D eigenvalue weighted by atomic mass is 32.1. The summed E-state index contributed by atoms with van der Waals surface area (Å²) in [5.74, 6) is -0.319. The van der Waals surface area contributed by atoms with Crippen LogP contribution in [0.3, 0.4) is 0 Å². The minimum Gasteiger partial charge on any atom is -0.476 e. The molecule has 0 aliphatic rings. The number of carboxylic acid groups (broad SMARTS) is 1. The van der Waals surface area contributed by atoms with Gasteiger partial charge in [0.05, 0.1) is 10.4 Å². The van der Waals surface area contributed by atoms with Crippen LogP contribution < -0.4 is 0 Å². The summed E-state index contributed by atoms with van der Waals surface area (Å²) in [6, 6.07) is 7.55. The fraction of sp³-hybridized carbons (Fsp3) is 0.0769. The molecule has 3 rings (SSSR count). The maximum absolute atomic E-state index is 11.2. The number of aromatic nitrogens is 2. The zero-order chi connectivity index (χ0) is 12.7. The topological polar surface area (TPSA) is 54.6 Å². The van der Waals surface area contributed by atoms with Crippen LogP contribution in [0.4, 0.5) is 0 Å². The lowest BCUT2D eigenvalue weighted by Crippen LogP contribution is -1.97. The molecule has 90 valence electrons. The molecular formula is C13H10N2O2S. The van der Waals surface area contributed by atoms with Crippen LogP contribution in [0.25, 0.3) is 16.2 Å². The molecule has 0 amide bonds. The van der Waals surface area contributed by atoms with E-state index in [9.17, 15) is 9.90 Å². The van der Waals surface area contributed by atoms with Crippen LogP contribution in [0.2, 0.25) is 0 Å². The van der Waals surface area contributed by atoms with E-state index in [0.29, 0.717) is 11.3 Å². The van der Waals surface area contributed by atoms with E-state index in [1.807, 2.05) is 41.1 Å². The Bertz CT molecular complexity index is 729. The van der Waals surface area contributed by atoms with Crippen LogP contribution in [-0.4, -0.2) is 20.5 Å². The Morgan fingerprint density at radius 3 is 2.89 bits per heavy atom. The molecule has 5 heteroatoms. The number of pyridine rings is 1. The van der Waals surface area contributed by atoms with Crippen molar-refractivity contribution >= 4 is 22.8 Å². The normalized spacial score (nSPS) is 10.9. The van der Waals surface area contributed by atoms with Gasteiger partial charge in [-0.1, -0.05) is 12.1 Å². The molecule has 0 bridgehead atoms. The first-order valence-corrected chi connectivity index (χ1v) is 6.30. The van der Waals surface area contributed by atoms with Crippen molar-refractivity contribution in [1.82, 2.24) is 9.38 Å². The van der Waals surface area contributed by atoms with Gasteiger partial charge in [0.1, 0.15) is 0 Å². The molecule has 0 spiro atoms. The van der Waals surface area contributed by atoms with Crippen molar-refractivity contribution in [2.24, 2.45) is 0 Å². The van der Waals surface area contributed by atoms with Gasteiger partial charge in [0.25, 0.3) is 0 Å². The molecule has 0 saturated carbocycles. The first-order valence-electron chi connectivity index (χ1n) is 5.42. The summed E-state index contributed by atoms with van der Waals surface area (Å²) in [6.45, 7) is 1.97. The van der Waals surface area contributed by atoms with Gasteiger partial charge in [-0.3, -0.25) is 4.40 Å². The second-order valence-electron chi connectivity index (χ2n) is 4.03. The zero-order valence-corrected chi connectivity index (χ0v) is 10.4. The van der Waals surface area contributed by atoms with Gasteiger partial charge in [-0.25, -0.2) is 9.78 Å². The predicted octanol–water partition coefficient (Wildman–Crippen LogP) is 3.07. The molecule has 0 aliphatic heterocycles. The maximum Gasteiger partial charge on any atom is 0.356 e. The fourth-order valence-electron chi connectivity index (χ4n) is 1.93. The maximum atomic E-state index is 11.2. The number of aryl methyl sites for hydroxylation is 1. The van der Waals surface area contributed by atoms with Crippen molar-refractivity contribution in [2.45, 2.75) is 6.92 Å². The first-order chi connectivity index (χ1) is 8.66. The number of nitrogens with zero attached hydrogens (tertiary/aromatic N) is 2. The van der Waals surface area contributed by atoms with Gasteiger partial charge >= 0.3 is 5.97 Å². The lowest BCUT2D eigenvalue weighted by atomic mass is 10.2. The number of thiophene rings is 1. The van der Waals surface area contributed by atoms with Crippen LogP contribution in [0.15, 0.2) is 35.8 Å². The SMILES string of the molecule is Cc1ccc2c(C(=O)O)nc(-c3cccs3)n2c1. The standard InChI is InChI=1S/C13H10N2O2S/c1-8-4-5-9-11(13(16)17)14-12(15(9)7-8)10-3-2-6-18-10/h2-7H,1H3,(H,16,17). The van der Waals surface area contributed by atoms with Gasteiger partial charge in [-0.15, -0.1) is 11.3 Å². The van der Waals surface area contributed by atoms with Gasteiger partial charge in [0, 0.05) is 6.20 Å². The molecule has 0 fully saturated rings. The highest BCUT2D eigenvalue weighted by molar-refractivity contribution is 7.13. The Hall–Kier alpha value is -2.14. The second-order valence-corrected chi connectivity index (χ2v) is 4.98. The van der Waals surface area contributed by atoms with E-state index in [-0.39, 0.29) is 5.69 Å². The molecule has 0 atom stereocenters. The van der Waals surface area contributed by atoms with Crippen LogP contribution in [0.5, 0.6) is 0 Å². The lowest BCUT2D eigenvalue weighted by Gasteiger charge is -2.00. The molecular weight excluding hydrogens is 248 g/mol. The molecule has 18 heavy (non-hydrogen) atoms. The Morgan fingerprint density at radius 1 is 1.39 bits per heavy atom. The van der Waals surface area contributed by atoms with Crippen LogP contribution in [0.1, 0.15) is 16.1 Å². The summed E-state index contributed by atoms with van der Waals surface area (Å²) >= 11 is 1.55. The van der Waals surface area contributed by atoms with Gasteiger partial charge in [0.2, 0.25) is 0 Å². The van der Waals surface area contributed by atoms with Gasteiger partial charge in [0.15, 0.2) is 11.5 Å². The Labute approximate surface area is 107 Å². The van der Waals surface area contributed by atoms with E-state index in [4.69, 9.17) is 0 Å². The van der Waals surface area contributed by atoms with E-state index in [0.717, 1.165) is 10.4 Å². The zero-order valence-electron chi connectivity index (χ0n) is 9.62. The summed E-state index contributed by atoms with van der Waals surface area (Å²) in [7, 11) is 0. The Morgan fingerprint density at radius 2 is 2.22 bits per heavy atom. The quantitative estimate of drug-likeness (QED) is 0.768. The predicted molar refractivity (Wildman–Crippen MR) is 70.2 cm³/mol. The average molecular weight is 258 g/mol. The average Bonchev–Trinajstić information content (AvgIpc) is 2.93. The number of carboxylic acids is 1. The van der Waals surface area contributed by atoms with Crippen molar-refractivity contribution < 1.29 is 9.90 Å². The number of carbonyl (C=O) groups is 1. The summed E-state index contributed by atoms with van der Waals surface area (Å²) in [5, 5.41) is 11.1. The third-order valence-corrected chi connectivity index (χ3v) is 3.59. The molecule has 3 aromatic heterocycles. The van der Waals surface area contributed by atoms with E-state index < -0.39 is 5.97 Å². The third-order valence-electron chi connectivity index (χ3n) is 2.73. The van der Waals surface area contributed by atoms with Crippen LogP contribution in [0, 0.1) is 6.92 Å². The molecule has 0 unspecified atom stereocenters. The molecule has 0 saturated heterocycles. The smallest absolute Gasteiger partial charge is 0.356 e. The van der Waals surface area contributed by atoms with E-state index in [1.54, 1.807) is 17.4 Å². The van der Waals surface area contributed by atoms with E-state index in [2.05, 4.69) is 4.98 Å². The fourth-order valence-corrected chi connectivity index (χ4v) is 2.64. The minimum absolute atomic E-state index is 0.0957. The highest BCUT2D eigenvalue weighted by Crippen LogP contribution is 2.27. The molecule has 0 radical (unpaired) electrons. The summed E-state index contributed by atoms with van der Waals surface area (Å²) < 4.78 is 1.84. The van der Waals surface area contributed by atoms with E-state index in [1.165, 1.54) is 0 Å². The number of hydrogen-bond acceptors (Lipinski definition) is 3. The molecule has 3 heterocycles. The molecule has 4 nitrogen and oxygen atoms in total.